The van der Waals surface area contributed by atoms with Crippen LogP contribution in [0.2, 0.25) is 6.55 Å². The first-order valence-corrected chi connectivity index (χ1v) is 5.40. The molecule has 1 atom stereocenters. The van der Waals surface area contributed by atoms with Gasteiger partial charge in [-0.05, 0) is 0 Å². The van der Waals surface area contributed by atoms with E-state index in [4.69, 9.17) is 5.11 Å². The summed E-state index contributed by atoms with van der Waals surface area (Å²) in [5.74, 6) is -0.665. The van der Waals surface area contributed by atoms with E-state index in [0.29, 0.717) is 0 Å². The Morgan fingerprint density at radius 3 is 2.33 bits per heavy atom. The van der Waals surface area contributed by atoms with Crippen molar-refractivity contribution < 1.29 is 18.1 Å². The number of rotatable bonds is 3. The van der Waals surface area contributed by atoms with E-state index in [2.05, 4.69) is 0 Å². The molecule has 0 fully saturated rings. The normalized spacial score (nSPS) is 15.4. The van der Waals surface area contributed by atoms with Gasteiger partial charge in [-0.2, -0.15) is 0 Å². The first kappa shape index (κ1) is 9.09. The molecule has 0 spiro atoms. The SMILES string of the molecule is C[Si]C(O)CS(=O)(=O)[O-]. The van der Waals surface area contributed by atoms with Gasteiger partial charge in [0.2, 0.25) is 0 Å². The first-order valence-electron chi connectivity index (χ1n) is 2.24. The summed E-state index contributed by atoms with van der Waals surface area (Å²) in [7, 11) is -4.15. The Morgan fingerprint density at radius 2 is 2.22 bits per heavy atom. The van der Waals surface area contributed by atoms with Crippen LogP contribution < -0.4 is 0 Å². The lowest BCUT2D eigenvalue weighted by molar-refractivity contribution is 0.270. The minimum atomic E-state index is -4.23. The zero-order chi connectivity index (χ0) is 7.49. The van der Waals surface area contributed by atoms with Crippen molar-refractivity contribution in [1.29, 1.82) is 0 Å². The molecule has 0 bridgehead atoms. The van der Waals surface area contributed by atoms with Crippen molar-refractivity contribution in [2.75, 3.05) is 5.75 Å². The standard InChI is InChI=1S/C3H8O4SSi/c1-9-3(4)2-8(5,6)7/h3-4H,2H2,1H3,(H,5,6,7)/p-1. The van der Waals surface area contributed by atoms with Gasteiger partial charge in [0.15, 0.2) is 0 Å². The number of aliphatic hydroxyl groups is 1. The average Bonchev–Trinajstić information content (AvgIpc) is 1.62. The van der Waals surface area contributed by atoms with Crippen molar-refractivity contribution in [2.24, 2.45) is 0 Å². The molecule has 9 heavy (non-hydrogen) atoms. The molecule has 1 N–H and O–H groups in total. The van der Waals surface area contributed by atoms with E-state index < -0.39 is 21.6 Å². The fourth-order valence-corrected chi connectivity index (χ4v) is 1.94. The molecule has 2 radical (unpaired) electrons. The highest BCUT2D eigenvalue weighted by molar-refractivity contribution is 7.85. The molecular weight excluding hydrogens is 160 g/mol. The minimum Gasteiger partial charge on any atom is -0.748 e. The van der Waals surface area contributed by atoms with E-state index in [9.17, 15) is 13.0 Å². The lowest BCUT2D eigenvalue weighted by Gasteiger charge is -2.09. The third-order valence-corrected chi connectivity index (χ3v) is 2.59. The maximum Gasteiger partial charge on any atom is 0.0968 e. The maximum absolute atomic E-state index is 9.89. The fourth-order valence-electron chi connectivity index (χ4n) is 0.277. The third-order valence-electron chi connectivity index (χ3n) is 0.695. The summed E-state index contributed by atoms with van der Waals surface area (Å²) < 4.78 is 29.7. The molecular formula is C3H7O4SSi-. The van der Waals surface area contributed by atoms with Crippen LogP contribution in [0.4, 0.5) is 0 Å². The molecule has 0 aromatic carbocycles. The number of hydrogen-bond acceptors (Lipinski definition) is 4. The molecule has 0 heterocycles. The van der Waals surface area contributed by atoms with Gasteiger partial charge >= 0.3 is 0 Å². The van der Waals surface area contributed by atoms with Crippen molar-refractivity contribution in [3.8, 4) is 0 Å². The van der Waals surface area contributed by atoms with Crippen molar-refractivity contribution in [1.82, 2.24) is 0 Å². The van der Waals surface area contributed by atoms with Gasteiger partial charge in [-0.15, -0.1) is 0 Å². The van der Waals surface area contributed by atoms with Crippen LogP contribution >= 0.6 is 0 Å². The highest BCUT2D eigenvalue weighted by atomic mass is 32.2. The van der Waals surface area contributed by atoms with Gasteiger partial charge in [0, 0.05) is 0 Å². The van der Waals surface area contributed by atoms with Crippen LogP contribution in [0.15, 0.2) is 0 Å². The Labute approximate surface area is 56.5 Å². The van der Waals surface area contributed by atoms with E-state index >= 15 is 0 Å². The second kappa shape index (κ2) is 3.30. The minimum absolute atomic E-state index is 0.0815. The zero-order valence-corrected chi connectivity index (χ0v) is 6.68. The first-order chi connectivity index (χ1) is 3.95. The molecule has 0 aromatic heterocycles. The van der Waals surface area contributed by atoms with Crippen LogP contribution in [0.1, 0.15) is 0 Å². The predicted molar refractivity (Wildman–Crippen MR) is 32.2 cm³/mol. The second-order valence-electron chi connectivity index (χ2n) is 1.53. The van der Waals surface area contributed by atoms with Crippen LogP contribution in [-0.2, 0) is 10.1 Å². The highest BCUT2D eigenvalue weighted by Gasteiger charge is 2.04. The van der Waals surface area contributed by atoms with Crippen molar-refractivity contribution >= 4 is 19.6 Å². The van der Waals surface area contributed by atoms with Crippen LogP contribution in [-0.4, -0.2) is 39.1 Å². The Hall–Kier alpha value is 0.0869. The zero-order valence-electron chi connectivity index (χ0n) is 4.86. The molecule has 0 amide bonds. The molecule has 0 aliphatic rings. The molecule has 0 aromatic rings. The summed E-state index contributed by atoms with van der Waals surface area (Å²) in [6.45, 7) is 1.63. The predicted octanol–water partition coefficient (Wildman–Crippen LogP) is -1.40. The average molecular weight is 167 g/mol. The van der Waals surface area contributed by atoms with Crippen molar-refractivity contribution in [3.05, 3.63) is 0 Å². The molecule has 0 aliphatic heterocycles. The Bertz CT molecular complexity index is 163. The molecule has 4 nitrogen and oxygen atoms in total. The lowest BCUT2D eigenvalue weighted by Crippen LogP contribution is -2.24. The van der Waals surface area contributed by atoms with Gasteiger partial charge in [0.1, 0.15) is 0 Å². The van der Waals surface area contributed by atoms with Crippen molar-refractivity contribution in [2.45, 2.75) is 12.3 Å². The number of aliphatic hydroxyl groups excluding tert-OH is 1. The van der Waals surface area contributed by atoms with E-state index in [-0.39, 0.29) is 9.52 Å². The van der Waals surface area contributed by atoms with Gasteiger partial charge in [-0.25, -0.2) is 8.42 Å². The molecule has 0 saturated carbocycles. The van der Waals surface area contributed by atoms with Crippen LogP contribution in [0.25, 0.3) is 0 Å². The molecule has 0 saturated heterocycles. The third kappa shape index (κ3) is 5.97. The number of hydrogen-bond donors (Lipinski definition) is 1. The van der Waals surface area contributed by atoms with Gasteiger partial charge in [0.05, 0.1) is 31.1 Å². The molecule has 6 heteroatoms. The summed E-state index contributed by atoms with van der Waals surface area (Å²) in [5.41, 5.74) is -0.979. The Morgan fingerprint density at radius 1 is 1.78 bits per heavy atom. The summed E-state index contributed by atoms with van der Waals surface area (Å²) >= 11 is 0. The second-order valence-corrected chi connectivity index (χ2v) is 4.22. The molecule has 1 unspecified atom stereocenters. The largest absolute Gasteiger partial charge is 0.748 e. The molecule has 0 rings (SSSR count). The van der Waals surface area contributed by atoms with Crippen molar-refractivity contribution in [3.63, 3.8) is 0 Å². The summed E-state index contributed by atoms with van der Waals surface area (Å²) in [5, 5.41) is 8.63. The Balaban J connectivity index is 3.75. The Kier molecular flexibility index (Phi) is 3.34. The maximum atomic E-state index is 9.89. The van der Waals surface area contributed by atoms with Gasteiger partial charge in [-0.1, -0.05) is 6.55 Å². The van der Waals surface area contributed by atoms with Gasteiger partial charge in [-0.3, -0.25) is 0 Å². The monoisotopic (exact) mass is 167 g/mol. The van der Waals surface area contributed by atoms with Gasteiger partial charge < -0.3 is 9.66 Å². The summed E-state index contributed by atoms with van der Waals surface area (Å²) in [6.07, 6.45) is 0. The quantitative estimate of drug-likeness (QED) is 0.414. The summed E-state index contributed by atoms with van der Waals surface area (Å²) in [4.78, 5) is 0. The van der Waals surface area contributed by atoms with Crippen LogP contribution in [0.3, 0.4) is 0 Å². The smallest absolute Gasteiger partial charge is 0.0968 e. The summed E-state index contributed by atoms with van der Waals surface area (Å²) in [6, 6.07) is 0. The van der Waals surface area contributed by atoms with E-state index in [1.165, 1.54) is 0 Å². The fraction of sp³-hybridized carbons (Fsp3) is 1.00. The topological polar surface area (TPSA) is 77.4 Å². The highest BCUT2D eigenvalue weighted by Crippen LogP contribution is 1.86. The van der Waals surface area contributed by atoms with E-state index in [1.807, 2.05) is 0 Å². The molecule has 54 valence electrons. The van der Waals surface area contributed by atoms with Gasteiger partial charge in [0.25, 0.3) is 0 Å². The van der Waals surface area contributed by atoms with Crippen LogP contribution in [0, 0.1) is 0 Å². The van der Waals surface area contributed by atoms with E-state index in [0.717, 1.165) is 0 Å². The molecule has 0 aliphatic carbocycles. The van der Waals surface area contributed by atoms with Crippen LogP contribution in [0.5, 0.6) is 0 Å². The lowest BCUT2D eigenvalue weighted by atomic mass is 10.9. The van der Waals surface area contributed by atoms with E-state index in [1.54, 1.807) is 6.55 Å².